The van der Waals surface area contributed by atoms with E-state index in [1.165, 1.54) is 24.4 Å². The molecule has 0 unspecified atom stereocenters. The molecule has 3 aromatic rings. The van der Waals surface area contributed by atoms with Crippen LogP contribution in [0.25, 0.3) is 10.8 Å². The highest BCUT2D eigenvalue weighted by Crippen LogP contribution is 2.28. The Balaban J connectivity index is 1.31. The lowest BCUT2D eigenvalue weighted by Crippen LogP contribution is -2.45. The SMILES string of the molecule is CS(=O)(=O)c1ccc2c(=O)[nH]cc(C(=O)NC[C@@H](O)CN3CCC(Oc4ccc(Cl)c(Cl)c4)CC3)c2c1. The molecule has 0 bridgehead atoms. The van der Waals surface area contributed by atoms with Gasteiger partial charge in [0.1, 0.15) is 11.9 Å². The lowest BCUT2D eigenvalue weighted by atomic mass is 10.1. The van der Waals surface area contributed by atoms with Gasteiger partial charge in [-0.3, -0.25) is 9.59 Å². The monoisotopic (exact) mass is 567 g/mol. The number of hydrogen-bond donors (Lipinski definition) is 3. The highest BCUT2D eigenvalue weighted by Gasteiger charge is 2.23. The summed E-state index contributed by atoms with van der Waals surface area (Å²) in [6.45, 7) is 1.79. The van der Waals surface area contributed by atoms with Gasteiger partial charge < -0.3 is 25.0 Å². The molecule has 1 amide bonds. The molecule has 12 heteroatoms. The third kappa shape index (κ3) is 6.82. The van der Waals surface area contributed by atoms with E-state index in [4.69, 9.17) is 27.9 Å². The highest BCUT2D eigenvalue weighted by atomic mass is 35.5. The number of hydrogen-bond acceptors (Lipinski definition) is 7. The number of amides is 1. The van der Waals surface area contributed by atoms with Gasteiger partial charge in [-0.2, -0.15) is 0 Å². The molecule has 2 aromatic carbocycles. The van der Waals surface area contributed by atoms with Crippen molar-refractivity contribution in [2.45, 2.75) is 29.9 Å². The van der Waals surface area contributed by atoms with Crippen LogP contribution in [0.3, 0.4) is 0 Å². The first-order valence-corrected chi connectivity index (χ1v) is 14.3. The van der Waals surface area contributed by atoms with Gasteiger partial charge in [0.25, 0.3) is 11.5 Å². The van der Waals surface area contributed by atoms with Gasteiger partial charge in [-0.25, -0.2) is 8.42 Å². The second-order valence-electron chi connectivity index (χ2n) is 9.07. The normalized spacial score (nSPS) is 16.0. The number of β-amino-alcohol motifs (C(OH)–C–C–N with tert-alkyl or cyclic N) is 1. The number of benzene rings is 2. The summed E-state index contributed by atoms with van der Waals surface area (Å²) < 4.78 is 29.9. The summed E-state index contributed by atoms with van der Waals surface area (Å²) in [5, 5.41) is 14.5. The molecule has 0 saturated carbocycles. The van der Waals surface area contributed by atoms with Crippen LogP contribution in [0, 0.1) is 0 Å². The zero-order valence-electron chi connectivity index (χ0n) is 20.0. The number of carbonyl (C=O) groups is 1. The Morgan fingerprint density at radius 1 is 1.16 bits per heavy atom. The van der Waals surface area contributed by atoms with E-state index < -0.39 is 27.4 Å². The average Bonchev–Trinajstić information content (AvgIpc) is 2.85. The number of pyridine rings is 1. The number of likely N-dealkylation sites (tertiary alicyclic amines) is 1. The summed E-state index contributed by atoms with van der Waals surface area (Å²) in [5.74, 6) is 0.133. The molecule has 0 aliphatic carbocycles. The van der Waals surface area contributed by atoms with E-state index in [0.717, 1.165) is 32.2 Å². The quantitative estimate of drug-likeness (QED) is 0.381. The van der Waals surface area contributed by atoms with Crippen molar-refractivity contribution in [3.8, 4) is 5.75 Å². The first-order chi connectivity index (χ1) is 17.5. The molecule has 0 spiro atoms. The smallest absolute Gasteiger partial charge is 0.255 e. The predicted molar refractivity (Wildman–Crippen MR) is 143 cm³/mol. The van der Waals surface area contributed by atoms with E-state index in [-0.39, 0.29) is 33.9 Å². The van der Waals surface area contributed by atoms with Gasteiger partial charge >= 0.3 is 0 Å². The highest BCUT2D eigenvalue weighted by molar-refractivity contribution is 7.90. The number of aromatic amines is 1. The Morgan fingerprint density at radius 2 is 1.89 bits per heavy atom. The Bertz CT molecular complexity index is 1470. The molecule has 1 fully saturated rings. The van der Waals surface area contributed by atoms with Crippen LogP contribution < -0.4 is 15.6 Å². The molecule has 2 heterocycles. The lowest BCUT2D eigenvalue weighted by Gasteiger charge is -2.33. The number of H-pyrrole nitrogens is 1. The number of fused-ring (bicyclic) bond motifs is 1. The number of sulfone groups is 1. The lowest BCUT2D eigenvalue weighted by molar-refractivity contribution is 0.0594. The number of aliphatic hydroxyl groups is 1. The zero-order valence-corrected chi connectivity index (χ0v) is 22.4. The van der Waals surface area contributed by atoms with Gasteiger partial charge in [0.2, 0.25) is 0 Å². The fraction of sp³-hybridized carbons (Fsp3) is 0.360. The maximum absolute atomic E-state index is 12.8. The summed E-state index contributed by atoms with van der Waals surface area (Å²) in [7, 11) is -3.53. The molecular formula is C25H27Cl2N3O6S. The Morgan fingerprint density at radius 3 is 2.57 bits per heavy atom. The van der Waals surface area contributed by atoms with E-state index in [2.05, 4.69) is 15.2 Å². The molecule has 0 radical (unpaired) electrons. The summed E-state index contributed by atoms with van der Waals surface area (Å²) in [5.41, 5.74) is -0.314. The molecule has 37 heavy (non-hydrogen) atoms. The molecular weight excluding hydrogens is 541 g/mol. The molecule has 9 nitrogen and oxygen atoms in total. The molecule has 1 atom stereocenters. The van der Waals surface area contributed by atoms with E-state index in [0.29, 0.717) is 22.3 Å². The maximum Gasteiger partial charge on any atom is 0.255 e. The summed E-state index contributed by atoms with van der Waals surface area (Å²) in [4.78, 5) is 29.6. The summed E-state index contributed by atoms with van der Waals surface area (Å²) in [6, 6.07) is 9.19. The number of ether oxygens (including phenoxy) is 1. The maximum atomic E-state index is 12.8. The second-order valence-corrected chi connectivity index (χ2v) is 11.9. The molecule has 1 aliphatic rings. The fourth-order valence-electron chi connectivity index (χ4n) is 4.28. The first kappa shape index (κ1) is 27.4. The van der Waals surface area contributed by atoms with Crippen molar-refractivity contribution in [3.63, 3.8) is 0 Å². The van der Waals surface area contributed by atoms with Crippen LogP contribution in [0.15, 0.2) is 52.3 Å². The zero-order chi connectivity index (χ0) is 26.7. The van der Waals surface area contributed by atoms with Crippen LogP contribution in [-0.2, 0) is 9.84 Å². The van der Waals surface area contributed by atoms with Crippen molar-refractivity contribution in [1.29, 1.82) is 0 Å². The number of halogens is 2. The summed E-state index contributed by atoms with van der Waals surface area (Å²) in [6.07, 6.45) is 3.04. The van der Waals surface area contributed by atoms with Gasteiger partial charge in [0, 0.05) is 55.5 Å². The average molecular weight is 568 g/mol. The van der Waals surface area contributed by atoms with E-state index in [1.807, 2.05) is 0 Å². The van der Waals surface area contributed by atoms with E-state index in [9.17, 15) is 23.1 Å². The van der Waals surface area contributed by atoms with Crippen LogP contribution in [0.1, 0.15) is 23.2 Å². The third-order valence-electron chi connectivity index (χ3n) is 6.24. The predicted octanol–water partition coefficient (Wildman–Crippen LogP) is 2.87. The Hall–Kier alpha value is -2.63. The minimum Gasteiger partial charge on any atom is -0.490 e. The third-order valence-corrected chi connectivity index (χ3v) is 8.09. The van der Waals surface area contributed by atoms with Crippen LogP contribution in [0.4, 0.5) is 0 Å². The largest absolute Gasteiger partial charge is 0.490 e. The van der Waals surface area contributed by atoms with Gasteiger partial charge in [-0.1, -0.05) is 23.2 Å². The Labute approximate surface area is 224 Å². The fourth-order valence-corrected chi connectivity index (χ4v) is 5.21. The molecule has 1 aromatic heterocycles. The number of aliphatic hydroxyl groups excluding tert-OH is 1. The van der Waals surface area contributed by atoms with Gasteiger partial charge in [-0.15, -0.1) is 0 Å². The van der Waals surface area contributed by atoms with Crippen LogP contribution in [0.2, 0.25) is 10.0 Å². The number of piperidine rings is 1. The van der Waals surface area contributed by atoms with Crippen molar-refractivity contribution >= 4 is 49.7 Å². The van der Waals surface area contributed by atoms with Gasteiger partial charge in [0.05, 0.1) is 26.6 Å². The van der Waals surface area contributed by atoms with Crippen molar-refractivity contribution < 1.29 is 23.1 Å². The standard InChI is InChI=1S/C25H27Cl2N3O6S/c1-37(34,35)18-3-4-19-20(11-18)21(13-29-24(19)32)25(33)28-12-15(31)14-30-8-6-16(7-9-30)36-17-2-5-22(26)23(27)10-17/h2-5,10-11,13,15-16,31H,6-9,12,14H2,1H3,(H,28,33)(H,29,32)/t15-/m1/s1. The second kappa shape index (κ2) is 11.4. The van der Waals surface area contributed by atoms with Crippen molar-refractivity contribution in [1.82, 2.24) is 15.2 Å². The Kier molecular flexibility index (Phi) is 8.45. The molecule has 4 rings (SSSR count). The van der Waals surface area contributed by atoms with Crippen LogP contribution >= 0.6 is 23.2 Å². The van der Waals surface area contributed by atoms with Gasteiger partial charge in [-0.05, 0) is 43.2 Å². The number of aromatic nitrogens is 1. The number of nitrogens with zero attached hydrogens (tertiary/aromatic N) is 1. The number of rotatable bonds is 8. The molecule has 1 aliphatic heterocycles. The van der Waals surface area contributed by atoms with Gasteiger partial charge in [0.15, 0.2) is 9.84 Å². The van der Waals surface area contributed by atoms with Crippen LogP contribution in [-0.4, -0.2) is 74.0 Å². The molecule has 3 N–H and O–H groups in total. The molecule has 198 valence electrons. The summed E-state index contributed by atoms with van der Waals surface area (Å²) >= 11 is 12.0. The minimum absolute atomic E-state index is 0.00577. The topological polar surface area (TPSA) is 129 Å². The van der Waals surface area contributed by atoms with Crippen molar-refractivity contribution in [2.24, 2.45) is 0 Å². The number of carbonyl (C=O) groups excluding carboxylic acids is 1. The minimum atomic E-state index is -3.53. The first-order valence-electron chi connectivity index (χ1n) is 11.7. The van der Waals surface area contributed by atoms with E-state index >= 15 is 0 Å². The number of nitrogens with one attached hydrogen (secondary N) is 2. The van der Waals surface area contributed by atoms with E-state index in [1.54, 1.807) is 18.2 Å². The van der Waals surface area contributed by atoms with Crippen molar-refractivity contribution in [2.75, 3.05) is 32.4 Å². The van der Waals surface area contributed by atoms with Crippen LogP contribution in [0.5, 0.6) is 5.75 Å². The molecule has 1 saturated heterocycles. The van der Waals surface area contributed by atoms with Crippen molar-refractivity contribution in [3.05, 3.63) is 68.6 Å².